The van der Waals surface area contributed by atoms with Gasteiger partial charge in [-0.1, -0.05) is 24.3 Å². The molecule has 1 aliphatic rings. The molecule has 2 aromatic rings. The first-order chi connectivity index (χ1) is 15.4. The predicted molar refractivity (Wildman–Crippen MR) is 117 cm³/mol. The van der Waals surface area contributed by atoms with Crippen LogP contribution in [0.4, 0.5) is 13.2 Å². The van der Waals surface area contributed by atoms with Gasteiger partial charge in [-0.05, 0) is 35.4 Å². The number of hydrogen-bond donors (Lipinski definition) is 2. The number of carboxylic acid groups (broad SMARTS) is 1. The molecular formula is C22H27F3N2O5S. The van der Waals surface area contributed by atoms with Crippen molar-refractivity contribution in [3.05, 3.63) is 59.7 Å². The summed E-state index contributed by atoms with van der Waals surface area (Å²) in [6.45, 7) is 5.92. The topological polar surface area (TPSA) is 95.9 Å². The van der Waals surface area contributed by atoms with E-state index in [1.165, 1.54) is 17.4 Å². The lowest BCUT2D eigenvalue weighted by molar-refractivity contribution is -0.192. The van der Waals surface area contributed by atoms with Crippen LogP contribution in [0.25, 0.3) is 0 Å². The van der Waals surface area contributed by atoms with Crippen LogP contribution in [0.2, 0.25) is 0 Å². The third-order valence-corrected chi connectivity index (χ3v) is 5.92. The Hall–Kier alpha value is -2.63. The van der Waals surface area contributed by atoms with Gasteiger partial charge in [0.25, 0.3) is 0 Å². The van der Waals surface area contributed by atoms with Crippen LogP contribution in [0.1, 0.15) is 11.1 Å². The first-order valence-corrected chi connectivity index (χ1v) is 12.1. The Morgan fingerprint density at radius 1 is 1.03 bits per heavy atom. The van der Waals surface area contributed by atoms with Gasteiger partial charge >= 0.3 is 12.1 Å². The number of alkyl halides is 3. The monoisotopic (exact) mass is 488 g/mol. The molecule has 0 saturated carbocycles. The summed E-state index contributed by atoms with van der Waals surface area (Å²) in [5, 5.41) is 10.5. The van der Waals surface area contributed by atoms with Gasteiger partial charge in [0.2, 0.25) is 0 Å². The van der Waals surface area contributed by atoms with E-state index in [0.29, 0.717) is 17.3 Å². The Labute approximate surface area is 191 Å². The van der Waals surface area contributed by atoms with Crippen LogP contribution in [0, 0.1) is 0 Å². The molecule has 3 rings (SSSR count). The minimum absolute atomic E-state index is 0.310. The normalized spacial score (nSPS) is 14.8. The maximum Gasteiger partial charge on any atom is 0.490 e. The van der Waals surface area contributed by atoms with Crippen molar-refractivity contribution in [2.75, 3.05) is 39.0 Å². The largest absolute Gasteiger partial charge is 0.493 e. The molecule has 1 saturated heterocycles. The van der Waals surface area contributed by atoms with Gasteiger partial charge in [-0.15, -0.1) is 0 Å². The van der Waals surface area contributed by atoms with Crippen LogP contribution < -0.4 is 10.1 Å². The Bertz CT molecular complexity index is 988. The summed E-state index contributed by atoms with van der Waals surface area (Å²) in [5.74, 6) is -2.07. The molecule has 1 heterocycles. The van der Waals surface area contributed by atoms with Gasteiger partial charge in [0.05, 0.1) is 11.5 Å². The quantitative estimate of drug-likeness (QED) is 0.619. The van der Waals surface area contributed by atoms with Crippen molar-refractivity contribution < 1.29 is 36.2 Å². The lowest BCUT2D eigenvalue weighted by atomic mass is 10.1. The van der Waals surface area contributed by atoms with E-state index in [-0.39, 0.29) is 0 Å². The van der Waals surface area contributed by atoms with E-state index in [1.54, 1.807) is 24.3 Å². The van der Waals surface area contributed by atoms with Gasteiger partial charge in [-0.3, -0.25) is 4.90 Å². The summed E-state index contributed by atoms with van der Waals surface area (Å²) in [6, 6.07) is 15.3. The molecule has 1 fully saturated rings. The number of carboxylic acids is 1. The van der Waals surface area contributed by atoms with Crippen molar-refractivity contribution in [1.82, 2.24) is 10.2 Å². The zero-order valence-corrected chi connectivity index (χ0v) is 19.0. The highest BCUT2D eigenvalue weighted by atomic mass is 32.2. The molecule has 1 aliphatic heterocycles. The van der Waals surface area contributed by atoms with E-state index in [1.807, 2.05) is 0 Å². The maximum absolute atomic E-state index is 11.4. The number of sulfone groups is 1. The Balaban J connectivity index is 0.000000479. The van der Waals surface area contributed by atoms with E-state index < -0.39 is 22.0 Å². The number of halogens is 3. The lowest BCUT2D eigenvalue weighted by Crippen LogP contribution is -2.42. The molecule has 182 valence electrons. The fourth-order valence-electron chi connectivity index (χ4n) is 3.01. The van der Waals surface area contributed by atoms with Crippen LogP contribution >= 0.6 is 0 Å². The molecule has 0 amide bonds. The lowest BCUT2D eigenvalue weighted by Gasteiger charge is -2.27. The third kappa shape index (κ3) is 9.80. The predicted octanol–water partition coefficient (Wildman–Crippen LogP) is 2.75. The summed E-state index contributed by atoms with van der Waals surface area (Å²) in [4.78, 5) is 11.7. The highest BCUT2D eigenvalue weighted by Gasteiger charge is 2.38. The van der Waals surface area contributed by atoms with Crippen LogP contribution in [0.5, 0.6) is 5.75 Å². The Kier molecular flexibility index (Phi) is 9.69. The van der Waals surface area contributed by atoms with Gasteiger partial charge in [0.1, 0.15) is 5.75 Å². The van der Waals surface area contributed by atoms with E-state index in [9.17, 15) is 21.6 Å². The summed E-state index contributed by atoms with van der Waals surface area (Å²) >= 11 is 0. The average Bonchev–Trinajstić information content (AvgIpc) is 2.75. The van der Waals surface area contributed by atoms with E-state index in [4.69, 9.17) is 14.6 Å². The number of nitrogens with one attached hydrogen (secondary N) is 1. The minimum atomic E-state index is -5.08. The second-order valence-electron chi connectivity index (χ2n) is 7.49. The van der Waals surface area contributed by atoms with Crippen molar-refractivity contribution in [1.29, 1.82) is 0 Å². The number of ether oxygens (including phenoxy) is 1. The molecule has 11 heteroatoms. The number of aliphatic carboxylic acids is 1. The van der Waals surface area contributed by atoms with Crippen LogP contribution in [-0.4, -0.2) is 69.6 Å². The Morgan fingerprint density at radius 3 is 2.03 bits per heavy atom. The van der Waals surface area contributed by atoms with Gasteiger partial charge in [-0.2, -0.15) is 13.2 Å². The molecule has 0 aliphatic carbocycles. The van der Waals surface area contributed by atoms with Crippen molar-refractivity contribution in [3.63, 3.8) is 0 Å². The number of piperazine rings is 1. The molecule has 2 aromatic carbocycles. The van der Waals surface area contributed by atoms with Crippen molar-refractivity contribution in [2.24, 2.45) is 0 Å². The number of nitrogens with zero attached hydrogens (tertiary/aromatic N) is 1. The summed E-state index contributed by atoms with van der Waals surface area (Å²) in [6.07, 6.45) is -3.06. The van der Waals surface area contributed by atoms with E-state index in [2.05, 4.69) is 34.5 Å². The molecule has 0 spiro atoms. The second kappa shape index (κ2) is 12.0. The number of carbonyl (C=O) groups is 1. The second-order valence-corrected chi connectivity index (χ2v) is 9.50. The van der Waals surface area contributed by atoms with Crippen LogP contribution in [0.3, 0.4) is 0 Å². The molecule has 7 nitrogen and oxygen atoms in total. The van der Waals surface area contributed by atoms with Gasteiger partial charge in [0, 0.05) is 45.4 Å². The smallest absolute Gasteiger partial charge is 0.490 e. The molecule has 0 atom stereocenters. The first kappa shape index (κ1) is 26.6. The number of rotatable bonds is 7. The number of hydrogen-bond acceptors (Lipinski definition) is 6. The van der Waals surface area contributed by atoms with Crippen LogP contribution in [-0.2, 0) is 27.6 Å². The fraction of sp³-hybridized carbons (Fsp3) is 0.409. The van der Waals surface area contributed by atoms with Crippen molar-refractivity contribution in [2.45, 2.75) is 24.0 Å². The summed E-state index contributed by atoms with van der Waals surface area (Å²) in [5.41, 5.74) is 2.58. The average molecular weight is 489 g/mol. The number of benzene rings is 2. The summed E-state index contributed by atoms with van der Waals surface area (Å²) < 4.78 is 60.4. The minimum Gasteiger partial charge on any atom is -0.493 e. The highest BCUT2D eigenvalue weighted by molar-refractivity contribution is 7.90. The molecule has 0 aromatic heterocycles. The van der Waals surface area contributed by atoms with Crippen LogP contribution in [0.15, 0.2) is 53.4 Å². The first-order valence-electron chi connectivity index (χ1n) is 10.2. The van der Waals surface area contributed by atoms with Gasteiger partial charge in [-0.25, -0.2) is 13.2 Å². The molecule has 0 radical (unpaired) electrons. The van der Waals surface area contributed by atoms with E-state index >= 15 is 0 Å². The molecule has 0 bridgehead atoms. The SMILES string of the molecule is CS(=O)(=O)c1ccc(OCCc2ccc(CN3CCNCC3)cc2)cc1.O=C(O)C(F)(F)F. The van der Waals surface area contributed by atoms with E-state index in [0.717, 1.165) is 39.1 Å². The molecule has 0 unspecified atom stereocenters. The summed E-state index contributed by atoms with van der Waals surface area (Å²) in [7, 11) is -3.16. The zero-order chi connectivity index (χ0) is 24.5. The highest BCUT2D eigenvalue weighted by Crippen LogP contribution is 2.16. The molecule has 2 N–H and O–H groups in total. The van der Waals surface area contributed by atoms with Gasteiger partial charge in [0.15, 0.2) is 9.84 Å². The zero-order valence-electron chi connectivity index (χ0n) is 18.1. The fourth-order valence-corrected chi connectivity index (χ4v) is 3.64. The van der Waals surface area contributed by atoms with Crippen molar-refractivity contribution in [3.8, 4) is 5.75 Å². The molecule has 33 heavy (non-hydrogen) atoms. The Morgan fingerprint density at radius 2 is 1.55 bits per heavy atom. The molecular weight excluding hydrogens is 461 g/mol. The standard InChI is InChI=1S/C20H26N2O3S.C2HF3O2/c1-26(23,24)20-8-6-19(7-9-20)25-15-10-17-2-4-18(5-3-17)16-22-13-11-21-12-14-22;3-2(4,5)1(6)7/h2-9,21H,10-16H2,1H3;(H,6,7). The van der Waals surface area contributed by atoms with Gasteiger partial charge < -0.3 is 15.2 Å². The van der Waals surface area contributed by atoms with Crippen molar-refractivity contribution >= 4 is 15.8 Å². The third-order valence-electron chi connectivity index (χ3n) is 4.79. The maximum atomic E-state index is 11.4.